The van der Waals surface area contributed by atoms with Crippen LogP contribution in [0.15, 0.2) is 54.9 Å². The van der Waals surface area contributed by atoms with Gasteiger partial charge in [-0.2, -0.15) is 5.26 Å². The lowest BCUT2D eigenvalue weighted by molar-refractivity contribution is -0.136. The first-order chi connectivity index (χ1) is 16.5. The minimum atomic E-state index is 0. The number of piperazine rings is 1. The van der Waals surface area contributed by atoms with Crippen molar-refractivity contribution < 1.29 is 4.79 Å². The van der Waals surface area contributed by atoms with Gasteiger partial charge in [0, 0.05) is 31.0 Å². The topological polar surface area (TPSA) is 76.0 Å². The van der Waals surface area contributed by atoms with E-state index in [2.05, 4.69) is 64.8 Å². The second-order valence-electron chi connectivity index (χ2n) is 9.19. The van der Waals surface area contributed by atoms with Gasteiger partial charge in [-0.15, -0.1) is 12.4 Å². The first kappa shape index (κ1) is 26.3. The van der Waals surface area contributed by atoms with Crippen molar-refractivity contribution in [3.05, 3.63) is 82.9 Å². The van der Waals surface area contributed by atoms with Crippen LogP contribution in [0, 0.1) is 25.2 Å². The predicted octanol–water partition coefficient (Wildman–Crippen LogP) is 5.34. The zero-order valence-corrected chi connectivity index (χ0v) is 21.5. The van der Waals surface area contributed by atoms with E-state index in [4.69, 9.17) is 5.26 Å². The van der Waals surface area contributed by atoms with Crippen molar-refractivity contribution in [1.29, 1.82) is 5.26 Å². The Morgan fingerprint density at radius 2 is 1.91 bits per heavy atom. The lowest BCUT2D eigenvalue weighted by atomic mass is 9.91. The molecule has 35 heavy (non-hydrogen) atoms. The van der Waals surface area contributed by atoms with E-state index in [1.165, 1.54) is 11.1 Å². The molecule has 184 valence electrons. The van der Waals surface area contributed by atoms with Crippen molar-refractivity contribution in [2.24, 2.45) is 0 Å². The van der Waals surface area contributed by atoms with E-state index in [1.807, 2.05) is 30.5 Å². The van der Waals surface area contributed by atoms with Crippen molar-refractivity contribution in [2.45, 2.75) is 65.1 Å². The molecule has 1 aliphatic heterocycles. The molecule has 6 nitrogen and oxygen atoms in total. The molecule has 1 saturated heterocycles. The van der Waals surface area contributed by atoms with Crippen molar-refractivity contribution in [1.82, 2.24) is 14.9 Å². The largest absolute Gasteiger partial charge is 0.356 e. The van der Waals surface area contributed by atoms with Gasteiger partial charge in [0.1, 0.15) is 5.82 Å². The van der Waals surface area contributed by atoms with E-state index >= 15 is 0 Å². The number of halogens is 1. The first-order valence-electron chi connectivity index (χ1n) is 12.1. The van der Waals surface area contributed by atoms with Crippen LogP contribution in [-0.2, 0) is 17.8 Å². The molecule has 2 heterocycles. The number of anilines is 1. The van der Waals surface area contributed by atoms with Crippen molar-refractivity contribution in [3.63, 3.8) is 0 Å². The van der Waals surface area contributed by atoms with Crippen LogP contribution in [0.5, 0.6) is 0 Å². The van der Waals surface area contributed by atoms with Gasteiger partial charge in [0.15, 0.2) is 0 Å². The number of imidazole rings is 1. The van der Waals surface area contributed by atoms with Gasteiger partial charge >= 0.3 is 0 Å². The molecule has 1 aromatic heterocycles. The van der Waals surface area contributed by atoms with Crippen LogP contribution in [0.3, 0.4) is 0 Å². The molecule has 2 unspecified atom stereocenters. The molecule has 1 aliphatic rings. The lowest BCUT2D eigenvalue weighted by Crippen LogP contribution is -2.63. The lowest BCUT2D eigenvalue weighted by Gasteiger charge is -2.49. The molecule has 0 saturated carbocycles. The van der Waals surface area contributed by atoms with E-state index in [9.17, 15) is 4.79 Å². The van der Waals surface area contributed by atoms with Gasteiger partial charge in [0.25, 0.3) is 0 Å². The number of aromatic amines is 1. The highest BCUT2D eigenvalue weighted by Crippen LogP contribution is 2.33. The number of unbranched alkanes of at least 4 members (excludes halogenated alkanes) is 1. The number of nitrogens with zero attached hydrogens (tertiary/aromatic N) is 4. The molecule has 4 rings (SSSR count). The Kier molecular flexibility index (Phi) is 8.95. The minimum Gasteiger partial charge on any atom is -0.356 e. The van der Waals surface area contributed by atoms with Gasteiger partial charge in [0.2, 0.25) is 5.91 Å². The van der Waals surface area contributed by atoms with E-state index in [1.54, 1.807) is 6.20 Å². The van der Waals surface area contributed by atoms with Crippen molar-refractivity contribution in [2.75, 3.05) is 11.4 Å². The Balaban J connectivity index is 0.00000342. The summed E-state index contributed by atoms with van der Waals surface area (Å²) in [5, 5.41) is 9.14. The molecule has 7 heteroatoms. The second-order valence-corrected chi connectivity index (χ2v) is 9.19. The molecule has 1 N–H and O–H groups in total. The third kappa shape index (κ3) is 5.86. The summed E-state index contributed by atoms with van der Waals surface area (Å²) in [5.41, 5.74) is 5.25. The molecule has 1 fully saturated rings. The highest BCUT2D eigenvalue weighted by molar-refractivity contribution is 5.85. The summed E-state index contributed by atoms with van der Waals surface area (Å²) in [5.74, 6) is 1.08. The van der Waals surface area contributed by atoms with Crippen molar-refractivity contribution >= 4 is 24.0 Å². The Hall–Kier alpha value is -3.30. The maximum Gasteiger partial charge on any atom is 0.242 e. The summed E-state index contributed by atoms with van der Waals surface area (Å²) in [6.45, 7) is 7.35. The number of carbonyl (C=O) groups excluding carboxylic acids is 1. The molecular weight excluding hydrogens is 458 g/mol. The molecule has 0 bridgehead atoms. The normalized spacial score (nSPS) is 17.7. The smallest absolute Gasteiger partial charge is 0.242 e. The number of rotatable bonds is 8. The molecule has 0 radical (unpaired) electrons. The van der Waals surface area contributed by atoms with Gasteiger partial charge in [-0.05, 0) is 55.2 Å². The SMILES string of the molecule is CCCCC1C(Cc2ncc[nH]2)N(c2cccc(C)c2C)CC(=O)N1Cc1ccc(C#N)cc1.Cl. The van der Waals surface area contributed by atoms with E-state index in [-0.39, 0.29) is 30.4 Å². The van der Waals surface area contributed by atoms with Crippen LogP contribution in [0.2, 0.25) is 0 Å². The third-order valence-corrected chi connectivity index (χ3v) is 7.00. The molecule has 2 atom stereocenters. The Labute approximate surface area is 214 Å². The van der Waals surface area contributed by atoms with E-state index in [0.717, 1.165) is 42.8 Å². The summed E-state index contributed by atoms with van der Waals surface area (Å²) in [6.07, 6.45) is 7.46. The van der Waals surface area contributed by atoms with Crippen molar-refractivity contribution in [3.8, 4) is 6.07 Å². The van der Waals surface area contributed by atoms with Gasteiger partial charge in [0.05, 0.1) is 30.3 Å². The van der Waals surface area contributed by atoms with Crippen LogP contribution in [-0.4, -0.2) is 39.4 Å². The maximum atomic E-state index is 13.6. The minimum absolute atomic E-state index is 0. The van der Waals surface area contributed by atoms with Crippen LogP contribution in [0.25, 0.3) is 0 Å². The standard InChI is InChI=1S/C28H33N5O.ClH/c1-4-5-8-25-26(16-27-30-14-15-31-27)32(24-9-6-7-20(2)21(24)3)19-28(34)33(25)18-23-12-10-22(17-29)11-13-23;/h6-7,9-15,25-26H,4-5,8,16,18-19H2,1-3H3,(H,30,31);1H. The summed E-state index contributed by atoms with van der Waals surface area (Å²) in [4.78, 5) is 25.8. The number of nitriles is 1. The monoisotopic (exact) mass is 491 g/mol. The number of aryl methyl sites for hydroxylation is 1. The molecule has 3 aromatic rings. The number of benzene rings is 2. The zero-order chi connectivity index (χ0) is 24.1. The maximum absolute atomic E-state index is 13.6. The third-order valence-electron chi connectivity index (χ3n) is 7.00. The predicted molar refractivity (Wildman–Crippen MR) is 142 cm³/mol. The number of H-pyrrole nitrogens is 1. The highest BCUT2D eigenvalue weighted by Gasteiger charge is 2.41. The number of carbonyl (C=O) groups is 1. The van der Waals surface area contributed by atoms with Gasteiger partial charge in [-0.25, -0.2) is 4.98 Å². The van der Waals surface area contributed by atoms with Gasteiger partial charge in [-0.3, -0.25) is 4.79 Å². The Morgan fingerprint density at radius 3 is 2.57 bits per heavy atom. The molecular formula is C28H34ClN5O. The average molecular weight is 492 g/mol. The zero-order valence-electron chi connectivity index (χ0n) is 20.7. The molecule has 2 aromatic carbocycles. The fourth-order valence-electron chi connectivity index (χ4n) is 4.97. The van der Waals surface area contributed by atoms with Crippen LogP contribution >= 0.6 is 12.4 Å². The Morgan fingerprint density at radius 1 is 1.14 bits per heavy atom. The average Bonchev–Trinajstić information content (AvgIpc) is 3.36. The van der Waals surface area contributed by atoms with E-state index < -0.39 is 0 Å². The number of nitrogens with one attached hydrogen (secondary N) is 1. The van der Waals surface area contributed by atoms with Gasteiger partial charge < -0.3 is 14.8 Å². The highest BCUT2D eigenvalue weighted by atomic mass is 35.5. The number of aromatic nitrogens is 2. The summed E-state index contributed by atoms with van der Waals surface area (Å²) < 4.78 is 0. The molecule has 0 spiro atoms. The second kappa shape index (κ2) is 11.9. The quantitative estimate of drug-likeness (QED) is 0.461. The summed E-state index contributed by atoms with van der Waals surface area (Å²) in [6, 6.07) is 16.2. The van der Waals surface area contributed by atoms with Crippen LogP contribution < -0.4 is 4.90 Å². The van der Waals surface area contributed by atoms with Crippen LogP contribution in [0.4, 0.5) is 5.69 Å². The molecule has 1 amide bonds. The number of hydrogen-bond donors (Lipinski definition) is 1. The fourth-order valence-corrected chi connectivity index (χ4v) is 4.97. The number of hydrogen-bond acceptors (Lipinski definition) is 4. The number of amides is 1. The van der Waals surface area contributed by atoms with Crippen LogP contribution in [0.1, 0.15) is 54.3 Å². The summed E-state index contributed by atoms with van der Waals surface area (Å²) in [7, 11) is 0. The van der Waals surface area contributed by atoms with E-state index in [0.29, 0.717) is 18.7 Å². The Bertz CT molecular complexity index is 1150. The first-order valence-corrected chi connectivity index (χ1v) is 12.1. The molecule has 0 aliphatic carbocycles. The van der Waals surface area contributed by atoms with Gasteiger partial charge in [-0.1, -0.05) is 44.0 Å². The fraction of sp³-hybridized carbons (Fsp3) is 0.393. The summed E-state index contributed by atoms with van der Waals surface area (Å²) >= 11 is 0.